The van der Waals surface area contributed by atoms with Gasteiger partial charge in [-0.1, -0.05) is 6.92 Å². The molecule has 28 heavy (non-hydrogen) atoms. The standard InChI is InChI=1S/C18H29N5O4.ClH/c1-4-7-27-15-9-12(17(25)20-10-16(19)24)5-6-13(15)21-18(26)14-8-11(2)23(3)22-14;/h8,12-13,15H,4-7,9-10H2,1-3H3,(H2,19,24)(H,20,25)(H,21,26);1H/t12-,13+,15+;/m0./s1. The number of ether oxygens (including phenoxy) is 1. The smallest absolute Gasteiger partial charge is 0.272 e. The predicted molar refractivity (Wildman–Crippen MR) is 106 cm³/mol. The Morgan fingerprint density at radius 3 is 2.64 bits per heavy atom. The fraction of sp³-hybridized carbons (Fsp3) is 0.667. The van der Waals surface area contributed by atoms with Crippen LogP contribution in [0.1, 0.15) is 48.8 Å². The molecule has 9 nitrogen and oxygen atoms in total. The Kier molecular flexibility index (Phi) is 9.40. The van der Waals surface area contributed by atoms with Crippen molar-refractivity contribution in [3.05, 3.63) is 17.5 Å². The molecule has 0 bridgehead atoms. The molecule has 1 heterocycles. The van der Waals surface area contributed by atoms with Gasteiger partial charge >= 0.3 is 0 Å². The fourth-order valence-corrected chi connectivity index (χ4v) is 3.22. The van der Waals surface area contributed by atoms with Gasteiger partial charge in [-0.05, 0) is 38.7 Å². The highest BCUT2D eigenvalue weighted by atomic mass is 35.5. The Morgan fingerprint density at radius 2 is 2.07 bits per heavy atom. The molecule has 4 N–H and O–H groups in total. The second-order valence-corrected chi connectivity index (χ2v) is 6.98. The van der Waals surface area contributed by atoms with E-state index in [9.17, 15) is 14.4 Å². The Bertz CT molecular complexity index is 674. The van der Waals surface area contributed by atoms with E-state index < -0.39 is 5.91 Å². The van der Waals surface area contributed by atoms with Crippen molar-refractivity contribution in [1.29, 1.82) is 0 Å². The quantitative estimate of drug-likeness (QED) is 0.567. The largest absolute Gasteiger partial charge is 0.376 e. The summed E-state index contributed by atoms with van der Waals surface area (Å²) in [6.45, 7) is 4.27. The maximum Gasteiger partial charge on any atom is 0.272 e. The number of carbonyl (C=O) groups excluding carboxylic acids is 3. The summed E-state index contributed by atoms with van der Waals surface area (Å²) in [5.41, 5.74) is 6.34. The van der Waals surface area contributed by atoms with Crippen LogP contribution in [0.3, 0.4) is 0 Å². The van der Waals surface area contributed by atoms with Crippen LogP contribution in [0.15, 0.2) is 6.07 Å². The van der Waals surface area contributed by atoms with Gasteiger partial charge in [0.1, 0.15) is 5.69 Å². The minimum Gasteiger partial charge on any atom is -0.376 e. The molecule has 1 aliphatic carbocycles. The van der Waals surface area contributed by atoms with E-state index in [1.165, 1.54) is 0 Å². The van der Waals surface area contributed by atoms with Crippen LogP contribution in [0.5, 0.6) is 0 Å². The topological polar surface area (TPSA) is 128 Å². The Labute approximate surface area is 171 Å². The second kappa shape index (κ2) is 11.0. The zero-order chi connectivity index (χ0) is 20.0. The molecule has 3 amide bonds. The molecule has 3 atom stereocenters. The van der Waals surface area contributed by atoms with E-state index in [0.29, 0.717) is 31.6 Å². The van der Waals surface area contributed by atoms with Gasteiger partial charge in [-0.2, -0.15) is 5.10 Å². The Balaban J connectivity index is 0.00000392. The zero-order valence-corrected chi connectivity index (χ0v) is 17.4. The van der Waals surface area contributed by atoms with Gasteiger partial charge in [-0.3, -0.25) is 19.1 Å². The minimum absolute atomic E-state index is 0. The van der Waals surface area contributed by atoms with Crippen molar-refractivity contribution in [1.82, 2.24) is 20.4 Å². The van der Waals surface area contributed by atoms with E-state index in [2.05, 4.69) is 15.7 Å². The number of nitrogens with one attached hydrogen (secondary N) is 2. The van der Waals surface area contributed by atoms with Gasteiger partial charge in [-0.25, -0.2) is 0 Å². The number of carbonyl (C=O) groups is 3. The third-order valence-electron chi connectivity index (χ3n) is 4.80. The lowest BCUT2D eigenvalue weighted by atomic mass is 9.83. The van der Waals surface area contributed by atoms with E-state index in [1.54, 1.807) is 17.8 Å². The Hall–Kier alpha value is -2.13. The average Bonchev–Trinajstić information content (AvgIpc) is 2.97. The first kappa shape index (κ1) is 23.9. The van der Waals surface area contributed by atoms with Gasteiger partial charge in [0.15, 0.2) is 0 Å². The predicted octanol–water partition coefficient (Wildman–Crippen LogP) is 0.446. The molecule has 0 unspecified atom stereocenters. The number of rotatable bonds is 8. The van der Waals surface area contributed by atoms with Gasteiger partial charge in [0, 0.05) is 25.3 Å². The van der Waals surface area contributed by atoms with Crippen LogP contribution in [-0.4, -0.2) is 52.8 Å². The van der Waals surface area contributed by atoms with Crippen LogP contribution in [-0.2, 0) is 21.4 Å². The van der Waals surface area contributed by atoms with Crippen LogP contribution in [0.4, 0.5) is 0 Å². The van der Waals surface area contributed by atoms with E-state index in [1.807, 2.05) is 13.8 Å². The number of hydrogen-bond acceptors (Lipinski definition) is 5. The van der Waals surface area contributed by atoms with Crippen molar-refractivity contribution < 1.29 is 19.1 Å². The van der Waals surface area contributed by atoms with E-state index in [0.717, 1.165) is 12.1 Å². The molecule has 1 fully saturated rings. The lowest BCUT2D eigenvalue weighted by molar-refractivity contribution is -0.130. The third kappa shape index (κ3) is 6.49. The number of aromatic nitrogens is 2. The lowest BCUT2D eigenvalue weighted by Gasteiger charge is -2.35. The molecular weight excluding hydrogens is 386 g/mol. The molecule has 10 heteroatoms. The van der Waals surface area contributed by atoms with Gasteiger partial charge < -0.3 is 21.1 Å². The van der Waals surface area contributed by atoms with Gasteiger partial charge in [-0.15, -0.1) is 12.4 Å². The number of nitrogens with two attached hydrogens (primary N) is 1. The van der Waals surface area contributed by atoms with Crippen molar-refractivity contribution in [2.75, 3.05) is 13.2 Å². The van der Waals surface area contributed by atoms with Gasteiger partial charge in [0.25, 0.3) is 5.91 Å². The first-order valence-electron chi connectivity index (χ1n) is 9.31. The SMILES string of the molecule is CCCO[C@@H]1C[C@@H](C(=O)NCC(N)=O)CC[C@H]1NC(=O)c1cc(C)n(C)n1.Cl. The van der Waals surface area contributed by atoms with Crippen molar-refractivity contribution in [3.8, 4) is 0 Å². The summed E-state index contributed by atoms with van der Waals surface area (Å²) in [6.07, 6.45) is 2.27. The summed E-state index contributed by atoms with van der Waals surface area (Å²) < 4.78 is 7.56. The van der Waals surface area contributed by atoms with Crippen molar-refractivity contribution in [2.45, 2.75) is 51.7 Å². The molecule has 1 aromatic rings. The van der Waals surface area contributed by atoms with Crippen LogP contribution < -0.4 is 16.4 Å². The van der Waals surface area contributed by atoms with Crippen molar-refractivity contribution in [3.63, 3.8) is 0 Å². The first-order chi connectivity index (χ1) is 12.8. The lowest BCUT2D eigenvalue weighted by Crippen LogP contribution is -2.50. The molecule has 158 valence electrons. The van der Waals surface area contributed by atoms with Crippen LogP contribution in [0.25, 0.3) is 0 Å². The normalized spacial score (nSPS) is 21.5. The molecule has 0 spiro atoms. The maximum absolute atomic E-state index is 12.5. The van der Waals surface area contributed by atoms with Gasteiger partial charge in [0.05, 0.1) is 18.7 Å². The Morgan fingerprint density at radius 1 is 1.36 bits per heavy atom. The van der Waals surface area contributed by atoms with Crippen molar-refractivity contribution in [2.24, 2.45) is 18.7 Å². The van der Waals surface area contributed by atoms with Crippen molar-refractivity contribution >= 4 is 30.1 Å². The summed E-state index contributed by atoms with van der Waals surface area (Å²) in [7, 11) is 1.79. The second-order valence-electron chi connectivity index (χ2n) is 6.98. The third-order valence-corrected chi connectivity index (χ3v) is 4.80. The average molecular weight is 416 g/mol. The summed E-state index contributed by atoms with van der Waals surface area (Å²) >= 11 is 0. The van der Waals surface area contributed by atoms with E-state index in [-0.39, 0.29) is 48.8 Å². The monoisotopic (exact) mass is 415 g/mol. The minimum atomic E-state index is -0.575. The summed E-state index contributed by atoms with van der Waals surface area (Å²) in [6, 6.07) is 1.55. The molecule has 0 radical (unpaired) electrons. The highest BCUT2D eigenvalue weighted by Gasteiger charge is 2.35. The number of hydrogen-bond donors (Lipinski definition) is 3. The molecule has 2 rings (SSSR count). The maximum atomic E-state index is 12.5. The molecular formula is C18H30ClN5O4. The number of halogens is 1. The number of amides is 3. The van der Waals surface area contributed by atoms with Gasteiger partial charge in [0.2, 0.25) is 11.8 Å². The number of primary amides is 1. The number of aryl methyl sites for hydroxylation is 2. The zero-order valence-electron chi connectivity index (χ0n) is 16.6. The highest BCUT2D eigenvalue weighted by Crippen LogP contribution is 2.27. The van der Waals surface area contributed by atoms with E-state index >= 15 is 0 Å². The molecule has 1 aliphatic rings. The summed E-state index contributed by atoms with van der Waals surface area (Å²) in [5, 5.41) is 9.75. The highest BCUT2D eigenvalue weighted by molar-refractivity contribution is 5.92. The molecule has 1 saturated carbocycles. The van der Waals surface area contributed by atoms with Crippen LogP contribution in [0, 0.1) is 12.8 Å². The molecule has 0 saturated heterocycles. The molecule has 0 aromatic carbocycles. The summed E-state index contributed by atoms with van der Waals surface area (Å²) in [5.74, 6) is -1.29. The number of nitrogens with zero attached hydrogens (tertiary/aromatic N) is 2. The summed E-state index contributed by atoms with van der Waals surface area (Å²) in [4.78, 5) is 35.6. The van der Waals surface area contributed by atoms with Crippen LogP contribution in [0.2, 0.25) is 0 Å². The molecule has 1 aromatic heterocycles. The molecule has 0 aliphatic heterocycles. The van der Waals surface area contributed by atoms with Crippen LogP contribution >= 0.6 is 12.4 Å². The van der Waals surface area contributed by atoms with E-state index in [4.69, 9.17) is 10.5 Å². The first-order valence-corrected chi connectivity index (χ1v) is 9.31. The fourth-order valence-electron chi connectivity index (χ4n) is 3.22.